The Kier molecular flexibility index (Phi) is 4.75. The summed E-state index contributed by atoms with van der Waals surface area (Å²) in [6.07, 6.45) is -1.06. The van der Waals surface area contributed by atoms with E-state index < -0.39 is 22.2 Å². The molecule has 1 amide bonds. The maximum Gasteiger partial charge on any atom is 0.414 e. The third-order valence-electron chi connectivity index (χ3n) is 3.55. The van der Waals surface area contributed by atoms with Crippen LogP contribution in [0.5, 0.6) is 0 Å². The fourth-order valence-electron chi connectivity index (χ4n) is 2.37. The fraction of sp³-hybridized carbons (Fsp3) is 0.188. The van der Waals surface area contributed by atoms with E-state index in [0.29, 0.717) is 10.7 Å². The number of carbonyl (C=O) groups excluding carboxylic acids is 1. The molecular formula is C16H15ClN2O4S. The van der Waals surface area contributed by atoms with Crippen LogP contribution in [0.1, 0.15) is 0 Å². The van der Waals surface area contributed by atoms with Gasteiger partial charge in [0.2, 0.25) is 10.0 Å². The third kappa shape index (κ3) is 3.69. The molecule has 0 radical (unpaired) electrons. The SMILES string of the molecule is O=C1O[C@H](CNS(=O)(=O)c2cccc(Cl)c2)CN1c1ccccc1. The first kappa shape index (κ1) is 16.8. The summed E-state index contributed by atoms with van der Waals surface area (Å²) in [5.74, 6) is 0. The number of cyclic esters (lactones) is 1. The average molecular weight is 367 g/mol. The number of amides is 1. The second kappa shape index (κ2) is 6.80. The van der Waals surface area contributed by atoms with Gasteiger partial charge in [0.1, 0.15) is 6.10 Å². The van der Waals surface area contributed by atoms with Crippen molar-refractivity contribution in [3.63, 3.8) is 0 Å². The van der Waals surface area contributed by atoms with Crippen molar-refractivity contribution < 1.29 is 17.9 Å². The quantitative estimate of drug-likeness (QED) is 0.882. The normalized spacial score (nSPS) is 17.8. The van der Waals surface area contributed by atoms with Crippen LogP contribution in [0.4, 0.5) is 10.5 Å². The lowest BCUT2D eigenvalue weighted by Crippen LogP contribution is -2.34. The zero-order valence-electron chi connectivity index (χ0n) is 12.6. The Labute approximate surface area is 145 Å². The Balaban J connectivity index is 1.65. The number of nitrogens with one attached hydrogen (secondary N) is 1. The topological polar surface area (TPSA) is 75.7 Å². The Morgan fingerprint density at radius 3 is 2.62 bits per heavy atom. The van der Waals surface area contributed by atoms with Gasteiger partial charge in [-0.25, -0.2) is 17.9 Å². The lowest BCUT2D eigenvalue weighted by molar-refractivity contribution is 0.143. The summed E-state index contributed by atoms with van der Waals surface area (Å²) in [7, 11) is -3.71. The summed E-state index contributed by atoms with van der Waals surface area (Å²) < 4.78 is 32.2. The van der Waals surface area contributed by atoms with Crippen molar-refractivity contribution in [2.75, 3.05) is 18.0 Å². The molecule has 0 spiro atoms. The lowest BCUT2D eigenvalue weighted by atomic mass is 10.3. The molecule has 1 N–H and O–H groups in total. The number of sulfonamides is 1. The highest BCUT2D eigenvalue weighted by Crippen LogP contribution is 2.21. The molecule has 1 aliphatic heterocycles. The van der Waals surface area contributed by atoms with E-state index in [1.807, 2.05) is 18.2 Å². The molecule has 8 heteroatoms. The summed E-state index contributed by atoms with van der Waals surface area (Å²) >= 11 is 5.82. The van der Waals surface area contributed by atoms with Gasteiger partial charge in [0.25, 0.3) is 0 Å². The standard InChI is InChI=1S/C16H15ClN2O4S/c17-12-5-4-8-15(9-12)24(21,22)18-10-14-11-19(16(20)23-14)13-6-2-1-3-7-13/h1-9,14,18H,10-11H2/t14-/m1/s1. The van der Waals surface area contributed by atoms with Crippen LogP contribution in [0.25, 0.3) is 0 Å². The molecule has 0 bridgehead atoms. The first-order valence-corrected chi connectivity index (χ1v) is 9.10. The van der Waals surface area contributed by atoms with Crippen molar-refractivity contribution >= 4 is 33.4 Å². The fourth-order valence-corrected chi connectivity index (χ4v) is 3.73. The van der Waals surface area contributed by atoms with Crippen LogP contribution in [0.2, 0.25) is 5.02 Å². The van der Waals surface area contributed by atoms with Crippen LogP contribution in [0, 0.1) is 0 Å². The van der Waals surface area contributed by atoms with E-state index in [0.717, 1.165) is 0 Å². The average Bonchev–Trinajstić information content (AvgIpc) is 2.95. The van der Waals surface area contributed by atoms with Gasteiger partial charge in [0.15, 0.2) is 0 Å². The predicted molar refractivity (Wildman–Crippen MR) is 90.7 cm³/mol. The number of carbonyl (C=O) groups is 1. The molecule has 24 heavy (non-hydrogen) atoms. The molecule has 0 aliphatic carbocycles. The molecule has 3 rings (SSSR count). The largest absolute Gasteiger partial charge is 0.443 e. The molecule has 0 unspecified atom stereocenters. The van der Waals surface area contributed by atoms with Crippen molar-refractivity contribution in [1.82, 2.24) is 4.72 Å². The number of rotatable bonds is 5. The van der Waals surface area contributed by atoms with Crippen molar-refractivity contribution in [2.24, 2.45) is 0 Å². The van der Waals surface area contributed by atoms with Crippen molar-refractivity contribution in [3.8, 4) is 0 Å². The number of anilines is 1. The maximum absolute atomic E-state index is 12.3. The summed E-state index contributed by atoms with van der Waals surface area (Å²) in [6, 6.07) is 15.0. The van der Waals surface area contributed by atoms with Crippen LogP contribution in [-0.2, 0) is 14.8 Å². The minimum atomic E-state index is -3.71. The highest BCUT2D eigenvalue weighted by molar-refractivity contribution is 7.89. The first-order valence-electron chi connectivity index (χ1n) is 7.24. The van der Waals surface area contributed by atoms with E-state index in [2.05, 4.69) is 4.72 Å². The van der Waals surface area contributed by atoms with Crippen molar-refractivity contribution in [2.45, 2.75) is 11.0 Å². The maximum atomic E-state index is 12.3. The number of nitrogens with zero attached hydrogens (tertiary/aromatic N) is 1. The van der Waals surface area contributed by atoms with Gasteiger partial charge >= 0.3 is 6.09 Å². The summed E-state index contributed by atoms with van der Waals surface area (Å²) in [4.78, 5) is 13.5. The van der Waals surface area contributed by atoms with Gasteiger partial charge < -0.3 is 4.74 Å². The van der Waals surface area contributed by atoms with E-state index in [-0.39, 0.29) is 18.0 Å². The Hall–Kier alpha value is -2.09. The highest BCUT2D eigenvalue weighted by Gasteiger charge is 2.33. The molecule has 1 atom stereocenters. The molecule has 0 saturated carbocycles. The Bertz CT molecular complexity index is 842. The van der Waals surface area contributed by atoms with Gasteiger partial charge in [0, 0.05) is 17.3 Å². The van der Waals surface area contributed by atoms with Gasteiger partial charge in [-0.15, -0.1) is 0 Å². The number of para-hydroxylation sites is 1. The van der Waals surface area contributed by atoms with E-state index in [1.54, 1.807) is 24.3 Å². The zero-order valence-corrected chi connectivity index (χ0v) is 14.1. The monoisotopic (exact) mass is 366 g/mol. The first-order chi connectivity index (χ1) is 11.5. The van der Waals surface area contributed by atoms with Gasteiger partial charge in [-0.1, -0.05) is 35.9 Å². The third-order valence-corrected chi connectivity index (χ3v) is 5.21. The minimum Gasteiger partial charge on any atom is -0.443 e. The number of ether oxygens (including phenoxy) is 1. The molecule has 2 aromatic rings. The van der Waals surface area contributed by atoms with E-state index >= 15 is 0 Å². The van der Waals surface area contributed by atoms with E-state index in [9.17, 15) is 13.2 Å². The second-order valence-electron chi connectivity index (χ2n) is 5.26. The summed E-state index contributed by atoms with van der Waals surface area (Å²) in [5, 5.41) is 0.334. The number of hydrogen-bond donors (Lipinski definition) is 1. The Morgan fingerprint density at radius 1 is 1.17 bits per heavy atom. The zero-order chi connectivity index (χ0) is 17.2. The van der Waals surface area contributed by atoms with Gasteiger partial charge in [0.05, 0.1) is 11.4 Å². The molecule has 1 aliphatic rings. The van der Waals surface area contributed by atoms with Gasteiger partial charge in [-0.05, 0) is 30.3 Å². The molecule has 6 nitrogen and oxygen atoms in total. The van der Waals surface area contributed by atoms with Crippen LogP contribution in [0.3, 0.4) is 0 Å². The van der Waals surface area contributed by atoms with Crippen molar-refractivity contribution in [3.05, 3.63) is 59.6 Å². The smallest absolute Gasteiger partial charge is 0.414 e. The van der Waals surface area contributed by atoms with Crippen LogP contribution in [-0.4, -0.2) is 33.7 Å². The molecule has 1 fully saturated rings. The highest BCUT2D eigenvalue weighted by atomic mass is 35.5. The minimum absolute atomic E-state index is 0.01000. The molecule has 1 saturated heterocycles. The van der Waals surface area contributed by atoms with Crippen molar-refractivity contribution in [1.29, 1.82) is 0 Å². The number of halogens is 1. The predicted octanol–water partition coefficient (Wildman–Crippen LogP) is 2.64. The lowest BCUT2D eigenvalue weighted by Gasteiger charge is -2.13. The molecule has 1 heterocycles. The summed E-state index contributed by atoms with van der Waals surface area (Å²) in [5.41, 5.74) is 0.711. The van der Waals surface area contributed by atoms with Gasteiger partial charge in [-0.2, -0.15) is 0 Å². The number of benzene rings is 2. The molecule has 126 valence electrons. The van der Waals surface area contributed by atoms with Crippen LogP contribution < -0.4 is 9.62 Å². The Morgan fingerprint density at radius 2 is 1.92 bits per heavy atom. The summed E-state index contributed by atoms with van der Waals surface area (Å²) in [6.45, 7) is 0.269. The molecular weight excluding hydrogens is 352 g/mol. The second-order valence-corrected chi connectivity index (χ2v) is 7.46. The van der Waals surface area contributed by atoms with E-state index in [4.69, 9.17) is 16.3 Å². The van der Waals surface area contributed by atoms with Crippen LogP contribution in [0.15, 0.2) is 59.5 Å². The molecule has 0 aromatic heterocycles. The van der Waals surface area contributed by atoms with Gasteiger partial charge in [-0.3, -0.25) is 4.90 Å². The van der Waals surface area contributed by atoms with E-state index in [1.165, 1.54) is 17.0 Å². The number of hydrogen-bond acceptors (Lipinski definition) is 4. The van der Waals surface area contributed by atoms with Crippen LogP contribution >= 0.6 is 11.6 Å². The molecule has 2 aromatic carbocycles.